The minimum Gasteiger partial charge on any atom is -0.370 e. The zero-order valence-corrected chi connectivity index (χ0v) is 8.40. The van der Waals surface area contributed by atoms with Crippen molar-refractivity contribution in [1.29, 1.82) is 0 Å². The number of amidine groups is 1. The van der Waals surface area contributed by atoms with Gasteiger partial charge in [0.1, 0.15) is 0 Å². The number of halogens is 2. The zero-order valence-electron chi connectivity index (χ0n) is 5.49. The lowest BCUT2D eigenvalue weighted by Crippen LogP contribution is -2.51. The lowest BCUT2D eigenvalue weighted by molar-refractivity contribution is 0.563. The van der Waals surface area contributed by atoms with Gasteiger partial charge in [-0.3, -0.25) is 5.32 Å². The number of hydrogen-bond acceptors (Lipinski definition) is 4. The van der Waals surface area contributed by atoms with Crippen LogP contribution < -0.4 is 16.0 Å². The Balaban J connectivity index is 2.34. The Morgan fingerprint density at radius 3 is 3.36 bits per heavy atom. The minimum atomic E-state index is -0.654. The van der Waals surface area contributed by atoms with E-state index in [1.54, 1.807) is 6.20 Å². The molecule has 1 saturated heterocycles. The van der Waals surface area contributed by atoms with E-state index in [2.05, 4.69) is 43.5 Å². The summed E-state index contributed by atoms with van der Waals surface area (Å²) in [5.41, 5.74) is 0.875. The predicted molar refractivity (Wildman–Crippen MR) is 52.4 cm³/mol. The summed E-state index contributed by atoms with van der Waals surface area (Å²) < 4.78 is 0.789. The number of alkyl halides is 1. The van der Waals surface area contributed by atoms with E-state index in [1.165, 1.54) is 0 Å². The molecule has 2 aliphatic rings. The van der Waals surface area contributed by atoms with Crippen LogP contribution in [0.2, 0.25) is 0 Å². The number of hydrogen-bond donors (Lipinski definition) is 3. The van der Waals surface area contributed by atoms with E-state index in [0.29, 0.717) is 6.67 Å². The molecule has 60 valence electrons. The van der Waals surface area contributed by atoms with E-state index >= 15 is 0 Å². The number of rotatable bonds is 0. The van der Waals surface area contributed by atoms with E-state index in [4.69, 9.17) is 11.6 Å². The van der Waals surface area contributed by atoms with Gasteiger partial charge in [-0.15, -0.1) is 0 Å². The molecule has 0 aromatic rings. The van der Waals surface area contributed by atoms with Crippen LogP contribution in [0.15, 0.2) is 16.9 Å². The monoisotopic (exact) mass is 284 g/mol. The summed E-state index contributed by atoms with van der Waals surface area (Å²) in [6, 6.07) is 0. The SMILES string of the molecule is ClC12NCNC1=CN=C(I)N2. The highest BCUT2D eigenvalue weighted by atomic mass is 127. The third-order valence-corrected chi connectivity index (χ3v) is 2.54. The van der Waals surface area contributed by atoms with Crippen LogP contribution in [-0.2, 0) is 0 Å². The molecule has 6 heteroatoms. The lowest BCUT2D eigenvalue weighted by atomic mass is 10.3. The van der Waals surface area contributed by atoms with Crippen LogP contribution in [0.1, 0.15) is 0 Å². The molecular formula is C5H6ClIN4. The van der Waals surface area contributed by atoms with Crippen molar-refractivity contribution in [1.82, 2.24) is 16.0 Å². The largest absolute Gasteiger partial charge is 0.370 e. The Labute approximate surface area is 82.6 Å². The second-order valence-corrected chi connectivity index (χ2v) is 3.87. The fourth-order valence-electron chi connectivity index (χ4n) is 1.02. The summed E-state index contributed by atoms with van der Waals surface area (Å²) in [5.74, 6) is 0. The van der Waals surface area contributed by atoms with Crippen molar-refractivity contribution in [2.75, 3.05) is 6.67 Å². The van der Waals surface area contributed by atoms with E-state index < -0.39 is 5.12 Å². The van der Waals surface area contributed by atoms with E-state index in [0.717, 1.165) is 9.54 Å². The van der Waals surface area contributed by atoms with Crippen LogP contribution in [0.5, 0.6) is 0 Å². The van der Waals surface area contributed by atoms with Crippen LogP contribution in [0.3, 0.4) is 0 Å². The molecule has 0 spiro atoms. The lowest BCUT2D eigenvalue weighted by Gasteiger charge is -2.25. The maximum atomic E-state index is 6.13. The number of fused-ring (bicyclic) bond motifs is 1. The fourth-order valence-corrected chi connectivity index (χ4v) is 2.00. The Hall–Kier alpha value is -0.0100. The molecule has 1 fully saturated rings. The first-order valence-electron chi connectivity index (χ1n) is 3.11. The summed E-state index contributed by atoms with van der Waals surface area (Å²) >= 11 is 8.21. The average Bonchev–Trinajstić information content (AvgIpc) is 2.28. The van der Waals surface area contributed by atoms with Crippen molar-refractivity contribution in [2.24, 2.45) is 4.99 Å². The summed E-state index contributed by atoms with van der Waals surface area (Å²) in [6.45, 7) is 0.668. The smallest absolute Gasteiger partial charge is 0.212 e. The van der Waals surface area contributed by atoms with Crippen molar-refractivity contribution in [3.63, 3.8) is 0 Å². The van der Waals surface area contributed by atoms with Crippen LogP contribution in [-0.4, -0.2) is 15.6 Å². The zero-order chi connectivity index (χ0) is 7.90. The normalized spacial score (nSPS) is 34.7. The molecule has 2 heterocycles. The summed E-state index contributed by atoms with van der Waals surface area (Å²) in [4.78, 5) is 4.06. The third-order valence-electron chi connectivity index (χ3n) is 1.56. The minimum absolute atomic E-state index is 0.654. The van der Waals surface area contributed by atoms with Crippen LogP contribution in [0.25, 0.3) is 0 Å². The van der Waals surface area contributed by atoms with Gasteiger partial charge in [-0.25, -0.2) is 4.99 Å². The molecule has 4 nitrogen and oxygen atoms in total. The topological polar surface area (TPSA) is 48.5 Å². The highest BCUT2D eigenvalue weighted by Gasteiger charge is 2.38. The van der Waals surface area contributed by atoms with E-state index in [9.17, 15) is 0 Å². The van der Waals surface area contributed by atoms with Gasteiger partial charge in [-0.2, -0.15) is 0 Å². The fraction of sp³-hybridized carbons (Fsp3) is 0.400. The first-order valence-corrected chi connectivity index (χ1v) is 4.56. The molecule has 0 amide bonds. The van der Waals surface area contributed by atoms with Crippen molar-refractivity contribution in [2.45, 2.75) is 5.12 Å². The van der Waals surface area contributed by atoms with Crippen molar-refractivity contribution in [3.05, 3.63) is 11.9 Å². The molecule has 1 unspecified atom stereocenters. The van der Waals surface area contributed by atoms with Gasteiger partial charge in [-0.05, 0) is 22.6 Å². The predicted octanol–water partition coefficient (Wildman–Crippen LogP) is 0.265. The second-order valence-electron chi connectivity index (χ2n) is 2.28. The van der Waals surface area contributed by atoms with Gasteiger partial charge >= 0.3 is 0 Å². The van der Waals surface area contributed by atoms with Gasteiger partial charge < -0.3 is 10.6 Å². The molecule has 2 aliphatic heterocycles. The Bertz CT molecular complexity index is 251. The first kappa shape index (κ1) is 7.63. The molecule has 0 saturated carbocycles. The van der Waals surface area contributed by atoms with Gasteiger partial charge in [0.2, 0.25) is 5.12 Å². The first-order chi connectivity index (χ1) is 5.21. The molecule has 11 heavy (non-hydrogen) atoms. The molecule has 2 rings (SSSR count). The second kappa shape index (κ2) is 2.49. The highest BCUT2D eigenvalue weighted by molar-refractivity contribution is 14.1. The van der Waals surface area contributed by atoms with Crippen molar-refractivity contribution in [3.8, 4) is 0 Å². The van der Waals surface area contributed by atoms with Gasteiger partial charge in [0.15, 0.2) is 3.84 Å². The van der Waals surface area contributed by atoms with Crippen LogP contribution in [0, 0.1) is 0 Å². The van der Waals surface area contributed by atoms with Crippen molar-refractivity contribution < 1.29 is 0 Å². The third kappa shape index (κ3) is 1.21. The Kier molecular flexibility index (Phi) is 1.73. The number of nitrogens with one attached hydrogen (secondary N) is 3. The van der Waals surface area contributed by atoms with Gasteiger partial charge in [0.05, 0.1) is 18.6 Å². The molecule has 0 bridgehead atoms. The number of aliphatic imine (C=N–C) groups is 1. The quantitative estimate of drug-likeness (QED) is 0.340. The maximum Gasteiger partial charge on any atom is 0.212 e. The van der Waals surface area contributed by atoms with Crippen LogP contribution in [0.4, 0.5) is 0 Å². The Morgan fingerprint density at radius 1 is 1.73 bits per heavy atom. The molecule has 0 aromatic heterocycles. The average molecular weight is 284 g/mol. The Morgan fingerprint density at radius 2 is 2.55 bits per heavy atom. The van der Waals surface area contributed by atoms with Crippen LogP contribution >= 0.6 is 34.2 Å². The summed E-state index contributed by atoms with van der Waals surface area (Å²) in [7, 11) is 0. The molecule has 0 aliphatic carbocycles. The molecule has 3 N–H and O–H groups in total. The molecule has 0 aromatic carbocycles. The van der Waals surface area contributed by atoms with Gasteiger partial charge in [0, 0.05) is 0 Å². The van der Waals surface area contributed by atoms with E-state index in [1.807, 2.05) is 0 Å². The maximum absolute atomic E-state index is 6.13. The van der Waals surface area contributed by atoms with Crippen molar-refractivity contribution >= 4 is 38.0 Å². The number of nitrogens with zero attached hydrogens (tertiary/aromatic N) is 1. The summed E-state index contributed by atoms with van der Waals surface area (Å²) in [6.07, 6.45) is 1.73. The highest BCUT2D eigenvalue weighted by Crippen LogP contribution is 2.24. The molecule has 0 radical (unpaired) electrons. The molecular weight excluding hydrogens is 278 g/mol. The standard InChI is InChI=1S/C5H6ClIN4/c6-5-3(9-2-10-5)1-8-4(7)11-5/h1,9-10H,2H2,(H,8,11). The van der Waals surface area contributed by atoms with E-state index in [-0.39, 0.29) is 0 Å². The molecule has 1 atom stereocenters. The summed E-state index contributed by atoms with van der Waals surface area (Å²) in [5, 5.41) is 8.48. The van der Waals surface area contributed by atoms with Gasteiger partial charge in [0.25, 0.3) is 0 Å². The van der Waals surface area contributed by atoms with Gasteiger partial charge in [-0.1, -0.05) is 11.6 Å².